The summed E-state index contributed by atoms with van der Waals surface area (Å²) in [5.74, 6) is -0.312. The summed E-state index contributed by atoms with van der Waals surface area (Å²) < 4.78 is 11.0. The van der Waals surface area contributed by atoms with Crippen LogP contribution in [0.25, 0.3) is 10.8 Å². The van der Waals surface area contributed by atoms with Crippen LogP contribution in [0.4, 0.5) is 0 Å². The first-order chi connectivity index (χ1) is 13.1. The van der Waals surface area contributed by atoms with Gasteiger partial charge >= 0.3 is 5.97 Å². The van der Waals surface area contributed by atoms with E-state index in [1.807, 2.05) is 42.5 Å². The molecule has 1 atom stereocenters. The van der Waals surface area contributed by atoms with Gasteiger partial charge in [-0.25, -0.2) is 4.79 Å². The van der Waals surface area contributed by atoms with Gasteiger partial charge in [-0.1, -0.05) is 42.5 Å². The van der Waals surface area contributed by atoms with Gasteiger partial charge in [0.15, 0.2) is 0 Å². The van der Waals surface area contributed by atoms with E-state index in [1.54, 1.807) is 25.1 Å². The highest BCUT2D eigenvalue weighted by Crippen LogP contribution is 2.46. The SMILES string of the molecule is CCOC(=O)C1=C(N)Oc2ccc3ccccc3c2[C@H]1c1cccc(O)c1. The van der Waals surface area contributed by atoms with Crippen molar-refractivity contribution in [2.24, 2.45) is 5.73 Å². The van der Waals surface area contributed by atoms with E-state index in [-0.39, 0.29) is 23.8 Å². The quantitative estimate of drug-likeness (QED) is 0.694. The maximum Gasteiger partial charge on any atom is 0.340 e. The van der Waals surface area contributed by atoms with E-state index in [0.717, 1.165) is 21.9 Å². The van der Waals surface area contributed by atoms with E-state index in [9.17, 15) is 9.90 Å². The number of esters is 1. The van der Waals surface area contributed by atoms with Crippen LogP contribution < -0.4 is 10.5 Å². The van der Waals surface area contributed by atoms with Crippen LogP contribution in [0, 0.1) is 0 Å². The second-order valence-electron chi connectivity index (χ2n) is 6.33. The third-order valence-electron chi connectivity index (χ3n) is 4.69. The van der Waals surface area contributed by atoms with Gasteiger partial charge < -0.3 is 20.3 Å². The van der Waals surface area contributed by atoms with E-state index in [2.05, 4.69) is 0 Å². The van der Waals surface area contributed by atoms with Gasteiger partial charge in [-0.2, -0.15) is 0 Å². The Balaban J connectivity index is 2.02. The van der Waals surface area contributed by atoms with Gasteiger partial charge in [-0.3, -0.25) is 0 Å². The van der Waals surface area contributed by atoms with Gasteiger partial charge in [-0.05, 0) is 41.5 Å². The molecule has 3 aromatic carbocycles. The Bertz CT molecular complexity index is 1070. The molecule has 1 aliphatic rings. The fourth-order valence-electron chi connectivity index (χ4n) is 3.59. The molecule has 0 radical (unpaired) electrons. The number of aromatic hydroxyl groups is 1. The van der Waals surface area contributed by atoms with Crippen molar-refractivity contribution in [3.63, 3.8) is 0 Å². The highest BCUT2D eigenvalue weighted by Gasteiger charge is 2.36. The van der Waals surface area contributed by atoms with Crippen molar-refractivity contribution in [2.45, 2.75) is 12.8 Å². The molecule has 5 nitrogen and oxygen atoms in total. The lowest BCUT2D eigenvalue weighted by Crippen LogP contribution is -2.27. The lowest BCUT2D eigenvalue weighted by molar-refractivity contribution is -0.139. The maximum absolute atomic E-state index is 12.7. The Kier molecular flexibility index (Phi) is 4.20. The molecule has 0 aliphatic carbocycles. The van der Waals surface area contributed by atoms with Crippen LogP contribution in [0.2, 0.25) is 0 Å². The number of carbonyl (C=O) groups excluding carboxylic acids is 1. The highest BCUT2D eigenvalue weighted by molar-refractivity contribution is 5.97. The van der Waals surface area contributed by atoms with E-state index in [1.165, 1.54) is 0 Å². The molecule has 136 valence electrons. The molecular weight excluding hydrogens is 342 g/mol. The third kappa shape index (κ3) is 2.87. The predicted octanol–water partition coefficient (Wildman–Crippen LogP) is 3.80. The lowest BCUT2D eigenvalue weighted by atomic mass is 9.80. The van der Waals surface area contributed by atoms with Gasteiger partial charge in [-0.15, -0.1) is 0 Å². The smallest absolute Gasteiger partial charge is 0.340 e. The van der Waals surface area contributed by atoms with Crippen molar-refractivity contribution in [1.82, 2.24) is 0 Å². The summed E-state index contributed by atoms with van der Waals surface area (Å²) in [6.07, 6.45) is 0. The second-order valence-corrected chi connectivity index (χ2v) is 6.33. The van der Waals surface area contributed by atoms with Crippen molar-refractivity contribution in [1.29, 1.82) is 0 Å². The van der Waals surface area contributed by atoms with Crippen molar-refractivity contribution < 1.29 is 19.4 Å². The van der Waals surface area contributed by atoms with E-state index in [0.29, 0.717) is 5.75 Å². The van der Waals surface area contributed by atoms with Crippen molar-refractivity contribution >= 4 is 16.7 Å². The molecule has 0 bridgehead atoms. The summed E-state index contributed by atoms with van der Waals surface area (Å²) in [5, 5.41) is 12.0. The van der Waals surface area contributed by atoms with Gasteiger partial charge in [0.05, 0.1) is 12.5 Å². The Labute approximate surface area is 156 Å². The van der Waals surface area contributed by atoms with Crippen LogP contribution in [0.1, 0.15) is 24.0 Å². The first kappa shape index (κ1) is 17.0. The number of hydrogen-bond acceptors (Lipinski definition) is 5. The van der Waals surface area contributed by atoms with Gasteiger partial charge in [0, 0.05) is 5.56 Å². The number of phenolic OH excluding ortho intramolecular Hbond substituents is 1. The van der Waals surface area contributed by atoms with Crippen LogP contribution in [0.3, 0.4) is 0 Å². The molecule has 0 aromatic heterocycles. The number of rotatable bonds is 3. The van der Waals surface area contributed by atoms with Crippen LogP contribution in [0.5, 0.6) is 11.5 Å². The molecule has 0 saturated heterocycles. The van der Waals surface area contributed by atoms with Crippen LogP contribution in [0.15, 0.2) is 72.1 Å². The summed E-state index contributed by atoms with van der Waals surface area (Å²) in [6, 6.07) is 18.5. The standard InChI is InChI=1S/C22H19NO4/c1-2-26-22(25)20-18(14-7-5-8-15(24)12-14)19-16-9-4-3-6-13(16)10-11-17(19)27-21(20)23/h3-12,18,24H,2,23H2,1H3/t18-/m1/s1. The van der Waals surface area contributed by atoms with Gasteiger partial charge in [0.2, 0.25) is 5.88 Å². The molecule has 0 spiro atoms. The van der Waals surface area contributed by atoms with Crippen LogP contribution in [-0.4, -0.2) is 17.7 Å². The van der Waals surface area contributed by atoms with E-state index >= 15 is 0 Å². The number of benzene rings is 3. The Hall–Kier alpha value is -3.47. The number of fused-ring (bicyclic) bond motifs is 3. The molecule has 1 aliphatic heterocycles. The first-order valence-electron chi connectivity index (χ1n) is 8.75. The monoisotopic (exact) mass is 361 g/mol. The number of carbonyl (C=O) groups is 1. The summed E-state index contributed by atoms with van der Waals surface area (Å²) in [5.41, 5.74) is 7.94. The lowest BCUT2D eigenvalue weighted by Gasteiger charge is -2.29. The number of hydrogen-bond donors (Lipinski definition) is 2. The third-order valence-corrected chi connectivity index (χ3v) is 4.69. The minimum absolute atomic E-state index is 0.0181. The van der Waals surface area contributed by atoms with Crippen molar-refractivity contribution in [2.75, 3.05) is 6.61 Å². The highest BCUT2D eigenvalue weighted by atomic mass is 16.5. The minimum Gasteiger partial charge on any atom is -0.508 e. The molecule has 0 amide bonds. The van der Waals surface area contributed by atoms with E-state index in [4.69, 9.17) is 15.2 Å². The average molecular weight is 361 g/mol. The Morgan fingerprint density at radius 3 is 2.74 bits per heavy atom. The largest absolute Gasteiger partial charge is 0.508 e. The zero-order chi connectivity index (χ0) is 19.0. The summed E-state index contributed by atoms with van der Waals surface area (Å²) in [7, 11) is 0. The predicted molar refractivity (Wildman–Crippen MR) is 102 cm³/mol. The average Bonchev–Trinajstić information content (AvgIpc) is 2.66. The number of phenols is 1. The zero-order valence-corrected chi connectivity index (χ0v) is 14.8. The van der Waals surface area contributed by atoms with E-state index < -0.39 is 11.9 Å². The van der Waals surface area contributed by atoms with Crippen molar-refractivity contribution in [3.05, 3.63) is 83.2 Å². The number of nitrogens with two attached hydrogens (primary N) is 1. The minimum atomic E-state index is -0.526. The molecule has 3 aromatic rings. The van der Waals surface area contributed by atoms with Gasteiger partial charge in [0.1, 0.15) is 17.1 Å². The number of ether oxygens (including phenoxy) is 2. The fraction of sp³-hybridized carbons (Fsp3) is 0.136. The second kappa shape index (κ2) is 6.68. The molecule has 0 unspecified atom stereocenters. The summed E-state index contributed by atoms with van der Waals surface area (Å²) in [6.45, 7) is 1.97. The summed E-state index contributed by atoms with van der Waals surface area (Å²) >= 11 is 0. The molecule has 1 heterocycles. The molecule has 27 heavy (non-hydrogen) atoms. The maximum atomic E-state index is 12.7. The van der Waals surface area contributed by atoms with Crippen molar-refractivity contribution in [3.8, 4) is 11.5 Å². The molecular formula is C22H19NO4. The molecule has 3 N–H and O–H groups in total. The molecule has 5 heteroatoms. The summed E-state index contributed by atoms with van der Waals surface area (Å²) in [4.78, 5) is 12.7. The van der Waals surface area contributed by atoms with Gasteiger partial charge in [0.25, 0.3) is 0 Å². The Morgan fingerprint density at radius 2 is 1.96 bits per heavy atom. The normalized spacial score (nSPS) is 16.0. The zero-order valence-electron chi connectivity index (χ0n) is 14.8. The topological polar surface area (TPSA) is 81.8 Å². The molecule has 0 fully saturated rings. The van der Waals surface area contributed by atoms with Crippen LogP contribution in [-0.2, 0) is 9.53 Å². The Morgan fingerprint density at radius 1 is 1.15 bits per heavy atom. The molecule has 4 rings (SSSR count). The first-order valence-corrected chi connectivity index (χ1v) is 8.75. The van der Waals surface area contributed by atoms with Crippen LogP contribution >= 0.6 is 0 Å². The molecule has 0 saturated carbocycles. The fourth-order valence-corrected chi connectivity index (χ4v) is 3.59.